The van der Waals surface area contributed by atoms with Crippen LogP contribution in [0.4, 0.5) is 14.3 Å². The maximum atomic E-state index is 13.6. The van der Waals surface area contributed by atoms with Crippen molar-refractivity contribution in [3.05, 3.63) is 23.5 Å². The molecule has 0 spiro atoms. The number of hydrogen-bond donors (Lipinski definition) is 0. The molecule has 2 atom stereocenters. The second-order valence-electron chi connectivity index (χ2n) is 6.82. The minimum atomic E-state index is -2.21. The van der Waals surface area contributed by atoms with Crippen molar-refractivity contribution >= 4 is 13.5 Å². The highest BCUT2D eigenvalue weighted by Crippen LogP contribution is 2.36. The van der Waals surface area contributed by atoms with Crippen molar-refractivity contribution in [1.29, 1.82) is 0 Å². The van der Waals surface area contributed by atoms with E-state index in [1.165, 1.54) is 50.5 Å². The first kappa shape index (κ1) is 16.1. The molecule has 2 fully saturated rings. The van der Waals surface area contributed by atoms with Crippen molar-refractivity contribution in [1.82, 2.24) is 4.90 Å². The third kappa shape index (κ3) is 3.78. The highest BCUT2D eigenvalue weighted by Gasteiger charge is 2.28. The Labute approximate surface area is 133 Å². The van der Waals surface area contributed by atoms with Crippen LogP contribution in [0.15, 0.2) is 17.9 Å². The molecule has 122 valence electrons. The lowest BCUT2D eigenvalue weighted by Crippen LogP contribution is -2.53. The molecule has 0 N–H and O–H groups in total. The summed E-state index contributed by atoms with van der Waals surface area (Å²) >= 11 is 0. The molecule has 0 amide bonds. The fraction of sp³-hybridized carbons (Fsp3) is 0.706. The van der Waals surface area contributed by atoms with Crippen LogP contribution >= 0.6 is 7.84 Å². The Bertz CT molecular complexity index is 505. The summed E-state index contributed by atoms with van der Waals surface area (Å²) in [6, 6.07) is 3.49. The zero-order valence-corrected chi connectivity index (χ0v) is 14.2. The Hall–Kier alpha value is -0.730. The fourth-order valence-electron chi connectivity index (χ4n) is 3.84. The molecule has 0 radical (unpaired) electrons. The molecular formula is C17H26F2N2P+. The average Bonchev–Trinajstić information content (AvgIpc) is 2.53. The van der Waals surface area contributed by atoms with Crippen LogP contribution in [0.3, 0.4) is 0 Å². The fourth-order valence-corrected chi connectivity index (χ4v) is 4.66. The summed E-state index contributed by atoms with van der Waals surface area (Å²) in [6.07, 6.45) is 6.93. The summed E-state index contributed by atoms with van der Waals surface area (Å²) in [5, 5.41) is 0. The van der Waals surface area contributed by atoms with E-state index < -0.39 is 13.4 Å². The van der Waals surface area contributed by atoms with Gasteiger partial charge >= 0.3 is 13.4 Å². The second-order valence-corrected chi connectivity index (χ2v) is 8.12. The van der Waals surface area contributed by atoms with Crippen molar-refractivity contribution in [3.8, 4) is 0 Å². The van der Waals surface area contributed by atoms with Gasteiger partial charge in [-0.15, -0.1) is 0 Å². The second kappa shape index (κ2) is 7.23. The van der Waals surface area contributed by atoms with Gasteiger partial charge in [-0.3, -0.25) is 4.90 Å². The van der Waals surface area contributed by atoms with E-state index in [0.29, 0.717) is 6.04 Å². The van der Waals surface area contributed by atoms with Gasteiger partial charge in [0.2, 0.25) is 0 Å². The van der Waals surface area contributed by atoms with Crippen LogP contribution in [0, 0.1) is 11.5 Å². The SMILES string of the molecule is CC1CN(c2ccc(F)[p+](F)c2)CCN1CC1CCCCC1. The van der Waals surface area contributed by atoms with Crippen LogP contribution in [0.5, 0.6) is 0 Å². The largest absolute Gasteiger partial charge is 0.386 e. The smallest absolute Gasteiger partial charge is 0.366 e. The molecule has 2 nitrogen and oxygen atoms in total. The minimum Gasteiger partial charge on any atom is -0.366 e. The van der Waals surface area contributed by atoms with Gasteiger partial charge in [-0.25, -0.2) is 0 Å². The molecule has 1 aliphatic carbocycles. The molecule has 1 aliphatic heterocycles. The van der Waals surface area contributed by atoms with Crippen LogP contribution < -0.4 is 4.90 Å². The number of nitrogens with zero attached hydrogens (tertiary/aromatic N) is 2. The minimum absolute atomic E-state index is 0.478. The van der Waals surface area contributed by atoms with E-state index in [9.17, 15) is 8.59 Å². The Morgan fingerprint density at radius 3 is 2.64 bits per heavy atom. The quantitative estimate of drug-likeness (QED) is 0.778. The molecule has 22 heavy (non-hydrogen) atoms. The van der Waals surface area contributed by atoms with E-state index in [1.807, 2.05) is 0 Å². The predicted molar refractivity (Wildman–Crippen MR) is 89.8 cm³/mol. The van der Waals surface area contributed by atoms with Crippen LogP contribution in [-0.4, -0.2) is 37.1 Å². The first-order chi connectivity index (χ1) is 10.6. The van der Waals surface area contributed by atoms with Gasteiger partial charge in [0.25, 0.3) is 0 Å². The monoisotopic (exact) mass is 327 g/mol. The number of piperazine rings is 1. The Balaban J connectivity index is 1.58. The highest BCUT2D eigenvalue weighted by atomic mass is 31.1. The van der Waals surface area contributed by atoms with Gasteiger partial charge < -0.3 is 4.90 Å². The normalized spacial score (nSPS) is 25.5. The van der Waals surface area contributed by atoms with Crippen LogP contribution in [-0.2, 0) is 0 Å². The number of anilines is 1. The maximum Gasteiger partial charge on any atom is 0.386 e. The molecule has 1 saturated heterocycles. The Morgan fingerprint density at radius 2 is 1.95 bits per heavy atom. The molecule has 5 heteroatoms. The molecule has 2 aliphatic rings. The summed E-state index contributed by atoms with van der Waals surface area (Å²) in [6.45, 7) is 6.32. The Morgan fingerprint density at radius 1 is 1.18 bits per heavy atom. The van der Waals surface area contributed by atoms with Crippen LogP contribution in [0.2, 0.25) is 0 Å². The third-order valence-electron chi connectivity index (χ3n) is 5.19. The highest BCUT2D eigenvalue weighted by molar-refractivity contribution is 7.43. The van der Waals surface area contributed by atoms with Gasteiger partial charge in [0.1, 0.15) is 0 Å². The first-order valence-electron chi connectivity index (χ1n) is 8.50. The van der Waals surface area contributed by atoms with Gasteiger partial charge in [-0.2, -0.15) is 4.39 Å². The lowest BCUT2D eigenvalue weighted by Gasteiger charge is -2.42. The van der Waals surface area contributed by atoms with E-state index in [4.69, 9.17) is 0 Å². The van der Waals surface area contributed by atoms with Gasteiger partial charge in [-0.05, 0) is 31.7 Å². The molecule has 2 unspecified atom stereocenters. The van der Waals surface area contributed by atoms with E-state index in [-0.39, 0.29) is 0 Å². The zero-order valence-electron chi connectivity index (χ0n) is 13.3. The topological polar surface area (TPSA) is 6.48 Å². The van der Waals surface area contributed by atoms with E-state index in [0.717, 1.165) is 31.2 Å². The summed E-state index contributed by atoms with van der Waals surface area (Å²) in [5.74, 6) is 2.33. The predicted octanol–water partition coefficient (Wildman–Crippen LogP) is 4.92. The van der Waals surface area contributed by atoms with Gasteiger partial charge in [-0.1, -0.05) is 19.3 Å². The van der Waals surface area contributed by atoms with Crippen LogP contribution in [0.25, 0.3) is 0 Å². The summed E-state index contributed by atoms with van der Waals surface area (Å²) in [5.41, 5.74) is 0.238. The molecule has 1 aromatic rings. The lowest BCUT2D eigenvalue weighted by atomic mass is 9.88. The summed E-state index contributed by atoms with van der Waals surface area (Å²) in [4.78, 5) is 4.80. The van der Waals surface area contributed by atoms with Gasteiger partial charge in [0.15, 0.2) is 5.80 Å². The standard InChI is InChI=1S/C17H26F2N2P/c1-14-11-21(16-7-8-17(18)22(19)13-16)10-9-20(14)12-15-5-3-2-4-6-15/h7-8,13-15H,2-6,9-12H2,1H3/q+1. The molecule has 1 saturated carbocycles. The third-order valence-corrected chi connectivity index (χ3v) is 6.24. The zero-order chi connectivity index (χ0) is 15.5. The van der Waals surface area contributed by atoms with E-state index in [2.05, 4.69) is 16.7 Å². The molecule has 3 rings (SSSR count). The lowest BCUT2D eigenvalue weighted by molar-refractivity contribution is 0.144. The number of halogens is 2. The van der Waals surface area contributed by atoms with Gasteiger partial charge in [0.05, 0.1) is 5.69 Å². The van der Waals surface area contributed by atoms with Crippen molar-refractivity contribution < 1.29 is 8.59 Å². The van der Waals surface area contributed by atoms with Crippen molar-refractivity contribution in [3.63, 3.8) is 0 Å². The van der Waals surface area contributed by atoms with Crippen LogP contribution in [0.1, 0.15) is 39.0 Å². The molecule has 0 aromatic carbocycles. The Kier molecular flexibility index (Phi) is 5.30. The maximum absolute atomic E-state index is 13.6. The summed E-state index contributed by atoms with van der Waals surface area (Å²) in [7, 11) is -2.21. The van der Waals surface area contributed by atoms with Crippen molar-refractivity contribution in [2.45, 2.75) is 45.1 Å². The van der Waals surface area contributed by atoms with Crippen molar-refractivity contribution in [2.24, 2.45) is 5.92 Å². The van der Waals surface area contributed by atoms with E-state index in [1.54, 1.807) is 6.07 Å². The molecule has 2 heterocycles. The summed E-state index contributed by atoms with van der Waals surface area (Å²) < 4.78 is 26.7. The first-order valence-corrected chi connectivity index (χ1v) is 9.80. The average molecular weight is 327 g/mol. The number of rotatable bonds is 3. The molecule has 0 bridgehead atoms. The van der Waals surface area contributed by atoms with Gasteiger partial charge in [0, 0.05) is 42.5 Å². The molecular weight excluding hydrogens is 301 g/mol. The molecule has 1 aromatic heterocycles. The van der Waals surface area contributed by atoms with E-state index >= 15 is 0 Å². The van der Waals surface area contributed by atoms with Crippen molar-refractivity contribution in [2.75, 3.05) is 31.1 Å². The number of hydrogen-bond acceptors (Lipinski definition) is 2.